The van der Waals surface area contributed by atoms with Crippen LogP contribution in [0.25, 0.3) is 11.3 Å². The fourth-order valence-corrected chi connectivity index (χ4v) is 2.86. The molecule has 2 N–H and O–H groups in total. The second-order valence-corrected chi connectivity index (χ2v) is 5.70. The molecular formula is C17H21N3O2. The second kappa shape index (κ2) is 6.64. The predicted octanol–water partition coefficient (Wildman–Crippen LogP) is 3.15. The first-order valence-corrected chi connectivity index (χ1v) is 7.77. The number of hydrogen-bond donors (Lipinski definition) is 2. The van der Waals surface area contributed by atoms with Gasteiger partial charge in [0.1, 0.15) is 11.4 Å². The number of methoxy groups -OCH3 is 1. The van der Waals surface area contributed by atoms with Crippen molar-refractivity contribution in [2.24, 2.45) is 0 Å². The molecule has 0 radical (unpaired) electrons. The summed E-state index contributed by atoms with van der Waals surface area (Å²) in [4.78, 5) is 12.3. The predicted molar refractivity (Wildman–Crippen MR) is 84.9 cm³/mol. The first kappa shape index (κ1) is 14.6. The molecule has 0 atom stereocenters. The number of hydrogen-bond acceptors (Lipinski definition) is 3. The maximum atomic E-state index is 12.3. The van der Waals surface area contributed by atoms with Gasteiger partial charge in [-0.2, -0.15) is 5.10 Å². The van der Waals surface area contributed by atoms with Crippen LogP contribution >= 0.6 is 0 Å². The van der Waals surface area contributed by atoms with Gasteiger partial charge in [-0.1, -0.05) is 19.3 Å². The highest BCUT2D eigenvalue weighted by Gasteiger charge is 2.18. The minimum absolute atomic E-state index is 0.0702. The van der Waals surface area contributed by atoms with Crippen molar-refractivity contribution in [1.29, 1.82) is 0 Å². The van der Waals surface area contributed by atoms with Crippen LogP contribution in [0.4, 0.5) is 0 Å². The Morgan fingerprint density at radius 3 is 2.64 bits per heavy atom. The molecule has 0 spiro atoms. The van der Waals surface area contributed by atoms with E-state index in [0.29, 0.717) is 11.7 Å². The van der Waals surface area contributed by atoms with Crippen molar-refractivity contribution < 1.29 is 9.53 Å². The van der Waals surface area contributed by atoms with Crippen molar-refractivity contribution in [2.75, 3.05) is 7.11 Å². The lowest BCUT2D eigenvalue weighted by Gasteiger charge is -2.22. The molecule has 22 heavy (non-hydrogen) atoms. The molecule has 0 saturated heterocycles. The maximum Gasteiger partial charge on any atom is 0.269 e. The van der Waals surface area contributed by atoms with Gasteiger partial charge in [-0.3, -0.25) is 9.89 Å². The monoisotopic (exact) mass is 299 g/mol. The van der Waals surface area contributed by atoms with Crippen molar-refractivity contribution in [3.8, 4) is 17.0 Å². The van der Waals surface area contributed by atoms with Gasteiger partial charge in [0.25, 0.3) is 5.91 Å². The molecule has 0 bridgehead atoms. The molecule has 1 heterocycles. The molecule has 1 aliphatic rings. The van der Waals surface area contributed by atoms with Crippen molar-refractivity contribution in [3.05, 3.63) is 36.0 Å². The van der Waals surface area contributed by atoms with Crippen LogP contribution in [-0.2, 0) is 0 Å². The van der Waals surface area contributed by atoms with Crippen LogP contribution in [0, 0.1) is 0 Å². The molecule has 1 fully saturated rings. The van der Waals surface area contributed by atoms with Gasteiger partial charge < -0.3 is 10.1 Å². The summed E-state index contributed by atoms with van der Waals surface area (Å²) in [5.74, 6) is 0.730. The summed E-state index contributed by atoms with van der Waals surface area (Å²) in [6.45, 7) is 0. The van der Waals surface area contributed by atoms with Crippen LogP contribution in [-0.4, -0.2) is 29.3 Å². The van der Waals surface area contributed by atoms with Gasteiger partial charge in [-0.15, -0.1) is 0 Å². The number of rotatable bonds is 4. The summed E-state index contributed by atoms with van der Waals surface area (Å²) < 4.78 is 5.14. The van der Waals surface area contributed by atoms with Crippen LogP contribution in [0.15, 0.2) is 30.3 Å². The number of aromatic amines is 1. The molecule has 1 amide bonds. The summed E-state index contributed by atoms with van der Waals surface area (Å²) in [7, 11) is 1.64. The molecule has 5 heteroatoms. The number of H-pyrrole nitrogens is 1. The molecule has 1 aromatic carbocycles. The highest BCUT2D eigenvalue weighted by molar-refractivity contribution is 5.93. The quantitative estimate of drug-likeness (QED) is 0.911. The Kier molecular flexibility index (Phi) is 4.42. The fraction of sp³-hybridized carbons (Fsp3) is 0.412. The van der Waals surface area contributed by atoms with E-state index in [9.17, 15) is 4.79 Å². The van der Waals surface area contributed by atoms with Gasteiger partial charge in [-0.25, -0.2) is 0 Å². The number of benzene rings is 1. The largest absolute Gasteiger partial charge is 0.497 e. The lowest BCUT2D eigenvalue weighted by Crippen LogP contribution is -2.36. The molecule has 2 aromatic rings. The molecule has 3 rings (SSSR count). The number of nitrogens with zero attached hydrogens (tertiary/aromatic N) is 1. The van der Waals surface area contributed by atoms with E-state index in [0.717, 1.165) is 29.8 Å². The van der Waals surface area contributed by atoms with E-state index in [1.807, 2.05) is 24.3 Å². The standard InChI is InChI=1S/C17H21N3O2/c1-22-14-9-7-12(8-10-14)15-11-16(20-19-15)17(21)18-13-5-3-2-4-6-13/h7-11,13H,2-6H2,1H3,(H,18,21)(H,19,20). The highest BCUT2D eigenvalue weighted by atomic mass is 16.5. The third-order valence-electron chi connectivity index (χ3n) is 4.15. The van der Waals surface area contributed by atoms with Crippen molar-refractivity contribution in [3.63, 3.8) is 0 Å². The van der Waals surface area contributed by atoms with E-state index in [1.54, 1.807) is 13.2 Å². The van der Waals surface area contributed by atoms with E-state index >= 15 is 0 Å². The minimum atomic E-state index is -0.0702. The number of nitrogens with one attached hydrogen (secondary N) is 2. The van der Waals surface area contributed by atoms with Crippen LogP contribution in [0.2, 0.25) is 0 Å². The van der Waals surface area contributed by atoms with Gasteiger partial charge in [0.2, 0.25) is 0 Å². The normalized spacial score (nSPS) is 15.5. The summed E-state index contributed by atoms with van der Waals surface area (Å²) in [5.41, 5.74) is 2.22. The average molecular weight is 299 g/mol. The molecular weight excluding hydrogens is 278 g/mol. The van der Waals surface area contributed by atoms with Crippen molar-refractivity contribution >= 4 is 5.91 Å². The summed E-state index contributed by atoms with van der Waals surface area (Å²) in [6.07, 6.45) is 5.82. The van der Waals surface area contributed by atoms with Gasteiger partial charge in [-0.05, 0) is 43.2 Å². The summed E-state index contributed by atoms with van der Waals surface area (Å²) in [5, 5.41) is 10.1. The first-order chi connectivity index (χ1) is 10.8. The Balaban J connectivity index is 1.68. The fourth-order valence-electron chi connectivity index (χ4n) is 2.86. The SMILES string of the molecule is COc1ccc(-c2cc(C(=O)NC3CCCCC3)[nH]n2)cc1. The van der Waals surface area contributed by atoms with Crippen LogP contribution in [0.5, 0.6) is 5.75 Å². The number of carbonyl (C=O) groups excluding carboxylic acids is 1. The Labute approximate surface area is 130 Å². The molecule has 1 aromatic heterocycles. The second-order valence-electron chi connectivity index (χ2n) is 5.70. The van der Waals surface area contributed by atoms with Crippen LogP contribution in [0.3, 0.4) is 0 Å². The number of ether oxygens (including phenoxy) is 1. The van der Waals surface area contributed by atoms with Gasteiger partial charge in [0.05, 0.1) is 12.8 Å². The number of carbonyl (C=O) groups is 1. The Morgan fingerprint density at radius 2 is 1.95 bits per heavy atom. The van der Waals surface area contributed by atoms with Gasteiger partial charge in [0, 0.05) is 11.6 Å². The van der Waals surface area contributed by atoms with Gasteiger partial charge in [0.15, 0.2) is 0 Å². The molecule has 5 nitrogen and oxygen atoms in total. The smallest absolute Gasteiger partial charge is 0.269 e. The molecule has 1 aliphatic carbocycles. The zero-order valence-corrected chi connectivity index (χ0v) is 12.8. The van der Waals surface area contributed by atoms with E-state index in [-0.39, 0.29) is 5.91 Å². The van der Waals surface area contributed by atoms with E-state index in [1.165, 1.54) is 19.3 Å². The van der Waals surface area contributed by atoms with Crippen molar-refractivity contribution in [2.45, 2.75) is 38.1 Å². The van der Waals surface area contributed by atoms with E-state index < -0.39 is 0 Å². The first-order valence-electron chi connectivity index (χ1n) is 7.77. The third kappa shape index (κ3) is 3.30. The Morgan fingerprint density at radius 1 is 1.23 bits per heavy atom. The lowest BCUT2D eigenvalue weighted by molar-refractivity contribution is 0.0922. The van der Waals surface area contributed by atoms with Gasteiger partial charge >= 0.3 is 0 Å². The molecule has 0 aliphatic heterocycles. The number of amides is 1. The van der Waals surface area contributed by atoms with Crippen molar-refractivity contribution in [1.82, 2.24) is 15.5 Å². The van der Waals surface area contributed by atoms with E-state index in [4.69, 9.17) is 4.74 Å². The lowest BCUT2D eigenvalue weighted by atomic mass is 9.95. The minimum Gasteiger partial charge on any atom is -0.497 e. The highest BCUT2D eigenvalue weighted by Crippen LogP contribution is 2.22. The van der Waals surface area contributed by atoms with Crippen LogP contribution in [0.1, 0.15) is 42.6 Å². The number of aromatic nitrogens is 2. The summed E-state index contributed by atoms with van der Waals surface area (Å²) >= 11 is 0. The van der Waals surface area contributed by atoms with E-state index in [2.05, 4.69) is 15.5 Å². The average Bonchev–Trinajstić information content (AvgIpc) is 3.06. The topological polar surface area (TPSA) is 67.0 Å². The Bertz CT molecular complexity index is 628. The molecule has 1 saturated carbocycles. The van der Waals surface area contributed by atoms with Crippen LogP contribution < -0.4 is 10.1 Å². The Hall–Kier alpha value is -2.30. The zero-order chi connectivity index (χ0) is 15.4. The molecule has 116 valence electrons. The maximum absolute atomic E-state index is 12.3. The zero-order valence-electron chi connectivity index (χ0n) is 12.8. The summed E-state index contributed by atoms with van der Waals surface area (Å²) in [6, 6.07) is 9.71. The molecule has 0 unspecified atom stereocenters. The third-order valence-corrected chi connectivity index (χ3v) is 4.15.